The molecule has 2 aliphatic heterocycles. The zero-order valence-corrected chi connectivity index (χ0v) is 16.8. The Labute approximate surface area is 175 Å². The molecule has 30 heavy (non-hydrogen) atoms. The highest BCUT2D eigenvalue weighted by atomic mass is 15.3. The fourth-order valence-electron chi connectivity index (χ4n) is 3.77. The third kappa shape index (κ3) is 3.50. The molecule has 7 nitrogen and oxygen atoms in total. The Hall–Kier alpha value is -3.74. The Kier molecular flexibility index (Phi) is 4.63. The van der Waals surface area contributed by atoms with Gasteiger partial charge in [0.05, 0.1) is 29.6 Å². The maximum Gasteiger partial charge on any atom is 0.147 e. The highest BCUT2D eigenvalue weighted by molar-refractivity contribution is 5.87. The van der Waals surface area contributed by atoms with Crippen molar-refractivity contribution in [2.45, 2.75) is 19.4 Å². The van der Waals surface area contributed by atoms with E-state index in [0.29, 0.717) is 18.3 Å². The molecule has 5 rings (SSSR count). The number of allylic oxidation sites excluding steroid dienone is 4. The molecule has 1 aromatic carbocycles. The molecule has 0 bridgehead atoms. The predicted molar refractivity (Wildman–Crippen MR) is 120 cm³/mol. The van der Waals surface area contributed by atoms with E-state index in [4.69, 9.17) is 10.7 Å². The number of nitrogens with zero attached hydrogens (tertiary/aromatic N) is 6. The zero-order valence-electron chi connectivity index (χ0n) is 16.8. The molecule has 150 valence electrons. The van der Waals surface area contributed by atoms with Crippen molar-refractivity contribution in [2.24, 2.45) is 10.7 Å². The van der Waals surface area contributed by atoms with Crippen molar-refractivity contribution in [3.05, 3.63) is 78.7 Å². The van der Waals surface area contributed by atoms with Gasteiger partial charge in [0.1, 0.15) is 11.7 Å². The molecule has 3 aromatic rings. The van der Waals surface area contributed by atoms with Gasteiger partial charge in [-0.2, -0.15) is 0 Å². The van der Waals surface area contributed by atoms with Crippen molar-refractivity contribution < 1.29 is 0 Å². The molecule has 0 atom stereocenters. The molecule has 1 saturated heterocycles. The van der Waals surface area contributed by atoms with Crippen LogP contribution in [0.5, 0.6) is 0 Å². The summed E-state index contributed by atoms with van der Waals surface area (Å²) in [7, 11) is 0. The molecular weight excluding hydrogens is 374 g/mol. The minimum atomic E-state index is 0.444. The second kappa shape index (κ2) is 7.59. The number of benzene rings is 1. The van der Waals surface area contributed by atoms with Gasteiger partial charge in [0.15, 0.2) is 0 Å². The number of fused-ring (bicyclic) bond motifs is 1. The highest BCUT2D eigenvalue weighted by Gasteiger charge is 2.29. The van der Waals surface area contributed by atoms with E-state index in [9.17, 15) is 0 Å². The summed E-state index contributed by atoms with van der Waals surface area (Å²) in [5.74, 6) is 1.57. The first-order valence-electron chi connectivity index (χ1n) is 10.0. The van der Waals surface area contributed by atoms with Crippen LogP contribution in [0.2, 0.25) is 0 Å². The average molecular weight is 397 g/mol. The van der Waals surface area contributed by atoms with Crippen LogP contribution >= 0.6 is 0 Å². The molecule has 4 heterocycles. The van der Waals surface area contributed by atoms with Crippen molar-refractivity contribution in [1.82, 2.24) is 19.5 Å². The van der Waals surface area contributed by atoms with Gasteiger partial charge in [0.25, 0.3) is 0 Å². The maximum absolute atomic E-state index is 5.75. The van der Waals surface area contributed by atoms with E-state index in [1.54, 1.807) is 0 Å². The molecule has 0 saturated carbocycles. The van der Waals surface area contributed by atoms with E-state index in [0.717, 1.165) is 46.7 Å². The summed E-state index contributed by atoms with van der Waals surface area (Å²) in [6.07, 6.45) is 16.4. The number of rotatable bonds is 5. The number of anilines is 1. The molecule has 0 spiro atoms. The lowest BCUT2D eigenvalue weighted by Gasteiger charge is -2.40. The molecule has 2 N–H and O–H groups in total. The van der Waals surface area contributed by atoms with E-state index in [1.807, 2.05) is 44.1 Å². The van der Waals surface area contributed by atoms with Crippen LogP contribution in [0.1, 0.15) is 24.9 Å². The van der Waals surface area contributed by atoms with Gasteiger partial charge in [-0.15, -0.1) is 0 Å². The fourth-order valence-corrected chi connectivity index (χ4v) is 3.77. The number of amidine groups is 1. The molecule has 0 unspecified atom stereocenters. The minimum Gasteiger partial charge on any atom is -0.387 e. The van der Waals surface area contributed by atoms with Crippen LogP contribution in [0, 0.1) is 0 Å². The Balaban J connectivity index is 1.35. The lowest BCUT2D eigenvalue weighted by atomic mass is 10.0. The van der Waals surface area contributed by atoms with Gasteiger partial charge in [-0.3, -0.25) is 4.98 Å². The summed E-state index contributed by atoms with van der Waals surface area (Å²) in [5.41, 5.74) is 10.9. The van der Waals surface area contributed by atoms with Gasteiger partial charge in [0, 0.05) is 38.1 Å². The van der Waals surface area contributed by atoms with E-state index in [2.05, 4.69) is 54.8 Å². The normalized spacial score (nSPS) is 17.5. The molecule has 7 heteroatoms. The lowest BCUT2D eigenvalue weighted by Crippen LogP contribution is -2.47. The molecule has 2 aromatic heterocycles. The summed E-state index contributed by atoms with van der Waals surface area (Å²) >= 11 is 0. The number of hydrogen-bond acceptors (Lipinski definition) is 6. The first-order chi connectivity index (χ1) is 14.7. The second-order valence-electron chi connectivity index (χ2n) is 7.58. The van der Waals surface area contributed by atoms with Crippen molar-refractivity contribution in [3.8, 4) is 0 Å². The van der Waals surface area contributed by atoms with Gasteiger partial charge < -0.3 is 15.2 Å². The summed E-state index contributed by atoms with van der Waals surface area (Å²) in [6.45, 7) is 3.87. The first kappa shape index (κ1) is 18.3. The van der Waals surface area contributed by atoms with Crippen LogP contribution in [0.4, 0.5) is 5.82 Å². The van der Waals surface area contributed by atoms with E-state index < -0.39 is 0 Å². The van der Waals surface area contributed by atoms with Crippen LogP contribution in [0.15, 0.2) is 78.1 Å². The SMILES string of the molecule is C/C=C(\C=C/C1=CN=C(N)C1)c1ccc2ncc(N3CC(n4ccnc4)C3)nc2c1. The molecular formula is C23H23N7. The van der Waals surface area contributed by atoms with Crippen LogP contribution in [0.25, 0.3) is 16.6 Å². The van der Waals surface area contributed by atoms with Crippen LogP contribution in [-0.4, -0.2) is 38.4 Å². The average Bonchev–Trinajstić information content (AvgIpc) is 3.39. The Morgan fingerprint density at radius 1 is 1.23 bits per heavy atom. The smallest absolute Gasteiger partial charge is 0.147 e. The van der Waals surface area contributed by atoms with E-state index in [-0.39, 0.29) is 0 Å². The number of hydrogen-bond donors (Lipinski definition) is 1. The van der Waals surface area contributed by atoms with Crippen molar-refractivity contribution >= 4 is 28.3 Å². The largest absolute Gasteiger partial charge is 0.387 e. The number of imidazole rings is 1. The van der Waals surface area contributed by atoms with E-state index in [1.165, 1.54) is 0 Å². The second-order valence-corrected chi connectivity index (χ2v) is 7.58. The molecule has 2 aliphatic rings. The predicted octanol–water partition coefficient (Wildman–Crippen LogP) is 3.49. The topological polar surface area (TPSA) is 85.2 Å². The molecule has 1 fully saturated rings. The van der Waals surface area contributed by atoms with Gasteiger partial charge in [-0.05, 0) is 35.8 Å². The highest BCUT2D eigenvalue weighted by Crippen LogP contribution is 2.28. The van der Waals surface area contributed by atoms with Crippen molar-refractivity contribution in [2.75, 3.05) is 18.0 Å². The Bertz CT molecular complexity index is 1200. The fraction of sp³-hybridized carbons (Fsp3) is 0.217. The maximum atomic E-state index is 5.75. The summed E-state index contributed by atoms with van der Waals surface area (Å²) in [5, 5.41) is 0. The van der Waals surface area contributed by atoms with Gasteiger partial charge in [0.2, 0.25) is 0 Å². The lowest BCUT2D eigenvalue weighted by molar-refractivity contribution is 0.397. The van der Waals surface area contributed by atoms with E-state index >= 15 is 0 Å². The van der Waals surface area contributed by atoms with Gasteiger partial charge >= 0.3 is 0 Å². The monoisotopic (exact) mass is 397 g/mol. The minimum absolute atomic E-state index is 0.444. The van der Waals surface area contributed by atoms with Crippen molar-refractivity contribution in [3.63, 3.8) is 0 Å². The van der Waals surface area contributed by atoms with Gasteiger partial charge in [-0.1, -0.05) is 24.3 Å². The van der Waals surface area contributed by atoms with Gasteiger partial charge in [-0.25, -0.2) is 15.0 Å². The summed E-state index contributed by atoms with van der Waals surface area (Å²) in [6, 6.07) is 6.66. The molecule has 0 aliphatic carbocycles. The van der Waals surface area contributed by atoms with Crippen molar-refractivity contribution in [1.29, 1.82) is 0 Å². The Morgan fingerprint density at radius 3 is 2.87 bits per heavy atom. The Morgan fingerprint density at radius 2 is 2.13 bits per heavy atom. The van der Waals surface area contributed by atoms with Crippen LogP contribution < -0.4 is 10.6 Å². The third-order valence-corrected chi connectivity index (χ3v) is 5.57. The van der Waals surface area contributed by atoms with Crippen LogP contribution in [0.3, 0.4) is 0 Å². The molecule has 0 amide bonds. The number of aliphatic imine (C=N–C) groups is 1. The summed E-state index contributed by atoms with van der Waals surface area (Å²) in [4.78, 5) is 20.0. The first-order valence-corrected chi connectivity index (χ1v) is 10.0. The summed E-state index contributed by atoms with van der Waals surface area (Å²) < 4.78 is 2.15. The number of aromatic nitrogens is 4. The van der Waals surface area contributed by atoms with Crippen LogP contribution in [-0.2, 0) is 0 Å². The third-order valence-electron chi connectivity index (χ3n) is 5.57. The molecule has 0 radical (unpaired) electrons. The quantitative estimate of drug-likeness (QED) is 0.666. The standard InChI is InChI=1S/C23H23N7/c1-2-17(4-3-16-9-22(24)27-11-16)18-5-6-20-21(10-18)28-23(12-26-20)30-13-19(14-30)29-8-7-25-15-29/h2-8,10-12,15,19H,9,13-14H2,1H3,(H2,24,27)/b4-3-,17-2+. The number of nitrogens with two attached hydrogens (primary N) is 1. The zero-order chi connectivity index (χ0) is 20.5.